The normalized spacial score (nSPS) is 10.0. The van der Waals surface area contributed by atoms with E-state index >= 15 is 0 Å². The molecule has 3 heteroatoms. The van der Waals surface area contributed by atoms with Crippen LogP contribution in [0.4, 0.5) is 0 Å². The van der Waals surface area contributed by atoms with Gasteiger partial charge in [0.05, 0.1) is 0 Å². The maximum atomic E-state index is 11.8. The molecule has 0 aliphatic heterocycles. The van der Waals surface area contributed by atoms with Crippen LogP contribution in [0.15, 0.2) is 54.9 Å². The second-order valence-electron chi connectivity index (χ2n) is 3.52. The van der Waals surface area contributed by atoms with Crippen LogP contribution in [0.5, 0.6) is 5.75 Å². The summed E-state index contributed by atoms with van der Waals surface area (Å²) < 4.78 is 1.73. The molecule has 0 amide bonds. The van der Waals surface area contributed by atoms with Crippen molar-refractivity contribution >= 4 is 5.78 Å². The predicted molar refractivity (Wildman–Crippen MR) is 59.1 cm³/mol. The van der Waals surface area contributed by atoms with Crippen molar-refractivity contribution in [2.24, 2.45) is 0 Å². The maximum absolute atomic E-state index is 11.8. The molecule has 3 nitrogen and oxygen atoms in total. The van der Waals surface area contributed by atoms with Crippen molar-refractivity contribution in [2.75, 3.05) is 0 Å². The first-order valence-electron chi connectivity index (χ1n) is 5.02. The number of nitrogens with zero attached hydrogens (tertiary/aromatic N) is 1. The Kier molecular flexibility index (Phi) is 2.96. The minimum absolute atomic E-state index is 0.0521. The molecule has 0 aliphatic rings. The van der Waals surface area contributed by atoms with Gasteiger partial charge in [-0.1, -0.05) is 30.3 Å². The lowest BCUT2D eigenvalue weighted by Crippen LogP contribution is -2.36. The number of Topliss-reactive ketones (excluding diaryl/α,β-unsaturated/α-hetero) is 1. The fraction of sp³-hybridized carbons (Fsp3) is 0.0769. The van der Waals surface area contributed by atoms with Crippen molar-refractivity contribution in [3.05, 3.63) is 60.4 Å². The van der Waals surface area contributed by atoms with Gasteiger partial charge in [-0.2, -0.15) is 4.57 Å². The first-order chi connectivity index (χ1) is 7.75. The van der Waals surface area contributed by atoms with Crippen LogP contribution in [0.1, 0.15) is 10.4 Å². The number of aromatic hydroxyl groups is 1. The Morgan fingerprint density at radius 1 is 1.06 bits per heavy atom. The Morgan fingerprint density at radius 3 is 2.31 bits per heavy atom. The molecule has 0 atom stereocenters. The Balaban J connectivity index is 2.11. The van der Waals surface area contributed by atoms with Crippen LogP contribution in [0.25, 0.3) is 0 Å². The van der Waals surface area contributed by atoms with Crippen LogP contribution in [-0.4, -0.2) is 10.9 Å². The fourth-order valence-corrected chi connectivity index (χ4v) is 1.44. The number of hydrogen-bond acceptors (Lipinski definition) is 2. The summed E-state index contributed by atoms with van der Waals surface area (Å²) in [5.41, 5.74) is 0.697. The van der Waals surface area contributed by atoms with E-state index in [1.807, 2.05) is 18.2 Å². The van der Waals surface area contributed by atoms with Gasteiger partial charge in [0.2, 0.25) is 12.3 Å². The smallest absolute Gasteiger partial charge is 0.227 e. The van der Waals surface area contributed by atoms with Gasteiger partial charge >= 0.3 is 0 Å². The third-order valence-corrected chi connectivity index (χ3v) is 2.30. The van der Waals surface area contributed by atoms with Gasteiger partial charge in [0.25, 0.3) is 0 Å². The molecule has 16 heavy (non-hydrogen) atoms. The number of ketones is 1. The van der Waals surface area contributed by atoms with Gasteiger partial charge in [-0.3, -0.25) is 4.79 Å². The fourth-order valence-electron chi connectivity index (χ4n) is 1.44. The van der Waals surface area contributed by atoms with Gasteiger partial charge in [-0.15, -0.1) is 0 Å². The predicted octanol–water partition coefficient (Wildman–Crippen LogP) is 1.56. The van der Waals surface area contributed by atoms with Crippen molar-refractivity contribution in [2.45, 2.75) is 6.54 Å². The molecule has 1 N–H and O–H groups in total. The number of hydrogen-bond donors (Lipinski definition) is 1. The van der Waals surface area contributed by atoms with Crippen molar-refractivity contribution in [1.82, 2.24) is 0 Å². The third kappa shape index (κ3) is 2.45. The van der Waals surface area contributed by atoms with Crippen molar-refractivity contribution in [3.63, 3.8) is 0 Å². The Labute approximate surface area is 93.6 Å². The molecule has 0 spiro atoms. The summed E-state index contributed by atoms with van der Waals surface area (Å²) in [5, 5.41) is 9.11. The highest BCUT2D eigenvalue weighted by Gasteiger charge is 2.10. The lowest BCUT2D eigenvalue weighted by Gasteiger charge is -1.97. The van der Waals surface area contributed by atoms with E-state index in [1.165, 1.54) is 0 Å². The molecule has 1 aromatic heterocycles. The summed E-state index contributed by atoms with van der Waals surface area (Å²) in [5.74, 6) is 0.250. The zero-order valence-corrected chi connectivity index (χ0v) is 8.71. The Hall–Kier alpha value is -2.16. The molecular formula is C13H12NO2+. The number of benzene rings is 1. The highest BCUT2D eigenvalue weighted by molar-refractivity contribution is 5.94. The molecule has 0 saturated carbocycles. The number of carbonyl (C=O) groups is 1. The van der Waals surface area contributed by atoms with E-state index in [-0.39, 0.29) is 18.1 Å². The largest absolute Gasteiger partial charge is 0.507 e. The molecule has 0 aliphatic carbocycles. The second-order valence-corrected chi connectivity index (χ2v) is 3.52. The van der Waals surface area contributed by atoms with Crippen LogP contribution in [0, 0.1) is 0 Å². The van der Waals surface area contributed by atoms with E-state index in [0.717, 1.165) is 0 Å². The second kappa shape index (κ2) is 4.57. The topological polar surface area (TPSA) is 41.2 Å². The summed E-state index contributed by atoms with van der Waals surface area (Å²) in [6, 6.07) is 12.3. The van der Waals surface area contributed by atoms with Crippen molar-refractivity contribution < 1.29 is 14.5 Å². The molecule has 2 aromatic rings. The summed E-state index contributed by atoms with van der Waals surface area (Å²) >= 11 is 0. The highest BCUT2D eigenvalue weighted by Crippen LogP contribution is 2.02. The number of aromatic nitrogens is 1. The maximum Gasteiger partial charge on any atom is 0.227 e. The van der Waals surface area contributed by atoms with E-state index in [2.05, 4.69) is 0 Å². The molecule has 1 heterocycles. The summed E-state index contributed by atoms with van der Waals surface area (Å²) in [7, 11) is 0. The molecule has 0 bridgehead atoms. The van der Waals surface area contributed by atoms with E-state index in [4.69, 9.17) is 5.11 Å². The van der Waals surface area contributed by atoms with Gasteiger partial charge in [0.1, 0.15) is 5.75 Å². The van der Waals surface area contributed by atoms with Gasteiger partial charge < -0.3 is 5.11 Å². The Morgan fingerprint density at radius 2 is 1.69 bits per heavy atom. The number of carbonyl (C=O) groups excluding carboxylic acids is 1. The van der Waals surface area contributed by atoms with Gasteiger partial charge in [-0.25, -0.2) is 0 Å². The van der Waals surface area contributed by atoms with E-state index in [0.29, 0.717) is 5.56 Å². The molecular weight excluding hydrogens is 202 g/mol. The van der Waals surface area contributed by atoms with Crippen LogP contribution >= 0.6 is 0 Å². The molecule has 0 fully saturated rings. The van der Waals surface area contributed by atoms with Gasteiger partial charge in [0, 0.05) is 17.7 Å². The summed E-state index contributed by atoms with van der Waals surface area (Å²) in [6.07, 6.45) is 3.35. The average molecular weight is 214 g/mol. The van der Waals surface area contributed by atoms with Gasteiger partial charge in [-0.05, 0) is 0 Å². The molecule has 0 unspecified atom stereocenters. The van der Waals surface area contributed by atoms with Crippen LogP contribution in [0.2, 0.25) is 0 Å². The van der Waals surface area contributed by atoms with E-state index in [9.17, 15) is 4.79 Å². The van der Waals surface area contributed by atoms with Crippen LogP contribution in [0.3, 0.4) is 0 Å². The molecule has 0 radical (unpaired) electrons. The van der Waals surface area contributed by atoms with Crippen molar-refractivity contribution in [1.29, 1.82) is 0 Å². The Bertz CT molecular complexity index is 477. The lowest BCUT2D eigenvalue weighted by molar-refractivity contribution is -0.683. The number of rotatable bonds is 3. The summed E-state index contributed by atoms with van der Waals surface area (Å²) in [6.45, 7) is 0.282. The average Bonchev–Trinajstić information content (AvgIpc) is 2.33. The standard InChI is InChI=1S/C13H11NO2/c15-12-6-8-14(9-7-12)10-13(16)11-4-2-1-3-5-11/h1-9H,10H2/p+1. The van der Waals surface area contributed by atoms with Gasteiger partial charge in [0.15, 0.2) is 12.4 Å². The van der Waals surface area contributed by atoms with Crippen LogP contribution < -0.4 is 4.57 Å². The quantitative estimate of drug-likeness (QED) is 0.622. The number of pyridine rings is 1. The van der Waals surface area contributed by atoms with Crippen LogP contribution in [-0.2, 0) is 6.54 Å². The first-order valence-corrected chi connectivity index (χ1v) is 5.02. The van der Waals surface area contributed by atoms with E-state index in [1.54, 1.807) is 41.2 Å². The minimum Gasteiger partial charge on any atom is -0.507 e. The SMILES string of the molecule is O=C(C[n+]1ccc(O)cc1)c1ccccc1. The van der Waals surface area contributed by atoms with E-state index < -0.39 is 0 Å². The molecule has 2 rings (SSSR count). The highest BCUT2D eigenvalue weighted by atomic mass is 16.3. The third-order valence-electron chi connectivity index (χ3n) is 2.30. The molecule has 1 aromatic carbocycles. The molecule has 0 saturated heterocycles. The minimum atomic E-state index is 0.0521. The first kappa shape index (κ1) is 10.4. The zero-order chi connectivity index (χ0) is 11.4. The lowest BCUT2D eigenvalue weighted by atomic mass is 10.1. The van der Waals surface area contributed by atoms with Crippen molar-refractivity contribution in [3.8, 4) is 5.75 Å². The molecule has 80 valence electrons. The monoisotopic (exact) mass is 214 g/mol. The zero-order valence-electron chi connectivity index (χ0n) is 8.71. The summed E-state index contributed by atoms with van der Waals surface area (Å²) in [4.78, 5) is 11.8.